The van der Waals surface area contributed by atoms with Gasteiger partial charge in [-0.2, -0.15) is 0 Å². The normalized spacial score (nSPS) is 23.5. The third-order valence-electron chi connectivity index (χ3n) is 5.34. The molecule has 0 fully saturated rings. The molecule has 4 rings (SSSR count). The lowest BCUT2D eigenvalue weighted by atomic mass is 10.0. The number of aliphatic hydroxyl groups is 1. The van der Waals surface area contributed by atoms with Crippen molar-refractivity contribution in [1.29, 1.82) is 0 Å². The lowest BCUT2D eigenvalue weighted by Gasteiger charge is -2.24. The van der Waals surface area contributed by atoms with E-state index in [4.69, 9.17) is 0 Å². The maximum atomic E-state index is 11.6. The highest BCUT2D eigenvalue weighted by molar-refractivity contribution is 5.96. The van der Waals surface area contributed by atoms with Crippen molar-refractivity contribution < 1.29 is 9.68 Å². The number of nitrogens with zero attached hydrogens (tertiary/aromatic N) is 2. The van der Waals surface area contributed by atoms with E-state index in [1.165, 1.54) is 29.1 Å². The van der Waals surface area contributed by atoms with Gasteiger partial charge in [0.2, 0.25) is 0 Å². The molecular formula is C21H25N2O+. The van der Waals surface area contributed by atoms with Crippen LogP contribution in [0.1, 0.15) is 36.0 Å². The molecule has 0 saturated carbocycles. The number of hydrogen-bond acceptors (Lipinski definition) is 2. The van der Waals surface area contributed by atoms with E-state index in [1.807, 2.05) is 0 Å². The number of hydrogen-bond donors (Lipinski definition) is 1. The molecule has 3 nitrogen and oxygen atoms in total. The summed E-state index contributed by atoms with van der Waals surface area (Å²) in [4.78, 5) is 2.30. The topological polar surface area (TPSA) is 26.5 Å². The highest BCUT2D eigenvalue weighted by Gasteiger charge is 2.52. The van der Waals surface area contributed by atoms with E-state index in [9.17, 15) is 5.11 Å². The summed E-state index contributed by atoms with van der Waals surface area (Å²) < 4.78 is 2.22. The van der Waals surface area contributed by atoms with Gasteiger partial charge in [0.1, 0.15) is 5.69 Å². The summed E-state index contributed by atoms with van der Waals surface area (Å²) in [5, 5.41) is 11.6. The minimum Gasteiger partial charge on any atom is -0.346 e. The van der Waals surface area contributed by atoms with Crippen LogP contribution in [0.25, 0.3) is 0 Å². The standard InChI is InChI=1S/C21H25N2O/c1-16-6-10-18(11-7-16)21(24)15-22(19-12-8-17(2)9-13-19)20-5-3-4-14-23(20)21/h6-13,24H,3-5,14-15H2,1-2H3/q+1/t21-/m0/s1. The molecule has 1 N–H and O–H groups in total. The minimum absolute atomic E-state index is 0.592. The van der Waals surface area contributed by atoms with Crippen molar-refractivity contribution >= 4 is 11.5 Å². The van der Waals surface area contributed by atoms with Crippen LogP contribution in [0.3, 0.4) is 0 Å². The van der Waals surface area contributed by atoms with E-state index in [0.29, 0.717) is 6.54 Å². The monoisotopic (exact) mass is 321 g/mol. The molecule has 24 heavy (non-hydrogen) atoms. The van der Waals surface area contributed by atoms with Crippen LogP contribution in [-0.2, 0) is 5.72 Å². The summed E-state index contributed by atoms with van der Waals surface area (Å²) in [5.74, 6) is 1.26. The molecule has 0 saturated heterocycles. The minimum atomic E-state index is -0.936. The first kappa shape index (κ1) is 15.4. The second-order valence-electron chi connectivity index (χ2n) is 7.13. The van der Waals surface area contributed by atoms with Crippen LogP contribution in [0.4, 0.5) is 5.69 Å². The fraction of sp³-hybridized carbons (Fsp3) is 0.381. The summed E-state index contributed by atoms with van der Waals surface area (Å²) >= 11 is 0. The molecule has 2 heterocycles. The zero-order valence-electron chi connectivity index (χ0n) is 14.5. The first-order valence-corrected chi connectivity index (χ1v) is 8.85. The van der Waals surface area contributed by atoms with Gasteiger partial charge in [-0.15, -0.1) is 0 Å². The molecule has 0 aliphatic carbocycles. The van der Waals surface area contributed by atoms with Gasteiger partial charge in [-0.1, -0.05) is 47.5 Å². The SMILES string of the molecule is Cc1ccc(N2C[C@](O)(c3ccc(C)cc3)[N+]3=C2CCCC3)cc1. The number of amidine groups is 1. The summed E-state index contributed by atoms with van der Waals surface area (Å²) in [7, 11) is 0. The Morgan fingerprint density at radius 1 is 0.917 bits per heavy atom. The van der Waals surface area contributed by atoms with Crippen molar-refractivity contribution in [2.45, 2.75) is 38.8 Å². The van der Waals surface area contributed by atoms with Gasteiger partial charge in [-0.05, 0) is 38.8 Å². The fourth-order valence-electron chi connectivity index (χ4n) is 3.93. The number of anilines is 1. The van der Waals surface area contributed by atoms with Crippen molar-refractivity contribution in [1.82, 2.24) is 0 Å². The predicted molar refractivity (Wildman–Crippen MR) is 97.6 cm³/mol. The summed E-state index contributed by atoms with van der Waals surface area (Å²) in [6.45, 7) is 5.70. The van der Waals surface area contributed by atoms with Crippen molar-refractivity contribution in [2.24, 2.45) is 0 Å². The first-order valence-electron chi connectivity index (χ1n) is 8.85. The number of rotatable bonds is 2. The Kier molecular flexibility index (Phi) is 3.69. The fourth-order valence-corrected chi connectivity index (χ4v) is 3.93. The molecule has 2 aromatic rings. The van der Waals surface area contributed by atoms with Crippen molar-refractivity contribution in [3.8, 4) is 0 Å². The molecule has 0 radical (unpaired) electrons. The second-order valence-corrected chi connectivity index (χ2v) is 7.13. The third-order valence-corrected chi connectivity index (χ3v) is 5.34. The van der Waals surface area contributed by atoms with Crippen molar-refractivity contribution in [3.05, 3.63) is 65.2 Å². The van der Waals surface area contributed by atoms with Gasteiger partial charge < -0.3 is 5.11 Å². The Bertz CT molecular complexity index is 776. The molecule has 0 amide bonds. The Hall–Kier alpha value is -2.13. The van der Waals surface area contributed by atoms with Crippen LogP contribution in [0, 0.1) is 13.8 Å². The largest absolute Gasteiger partial charge is 0.346 e. The smallest absolute Gasteiger partial charge is 0.271 e. The Balaban J connectivity index is 1.78. The van der Waals surface area contributed by atoms with E-state index in [0.717, 1.165) is 24.9 Å². The average molecular weight is 321 g/mol. The molecule has 2 aliphatic rings. The average Bonchev–Trinajstić information content (AvgIpc) is 2.91. The zero-order valence-corrected chi connectivity index (χ0v) is 14.5. The van der Waals surface area contributed by atoms with E-state index in [-0.39, 0.29) is 0 Å². The molecule has 124 valence electrons. The van der Waals surface area contributed by atoms with Gasteiger partial charge in [0.05, 0.1) is 6.54 Å². The van der Waals surface area contributed by atoms with E-state index in [1.54, 1.807) is 0 Å². The van der Waals surface area contributed by atoms with E-state index >= 15 is 0 Å². The molecular weight excluding hydrogens is 296 g/mol. The quantitative estimate of drug-likeness (QED) is 0.856. The Labute approximate surface area is 143 Å². The highest BCUT2D eigenvalue weighted by Crippen LogP contribution is 2.35. The number of aryl methyl sites for hydroxylation is 2. The van der Waals surface area contributed by atoms with Crippen molar-refractivity contribution in [3.63, 3.8) is 0 Å². The lowest BCUT2D eigenvalue weighted by Crippen LogP contribution is -2.41. The Morgan fingerprint density at radius 2 is 1.54 bits per heavy atom. The van der Waals surface area contributed by atoms with Gasteiger partial charge in [-0.25, -0.2) is 9.48 Å². The highest BCUT2D eigenvalue weighted by atomic mass is 16.3. The van der Waals surface area contributed by atoms with E-state index in [2.05, 4.69) is 71.9 Å². The lowest BCUT2D eigenvalue weighted by molar-refractivity contribution is -0.661. The summed E-state index contributed by atoms with van der Waals surface area (Å²) in [6, 6.07) is 16.9. The molecule has 2 aliphatic heterocycles. The number of benzene rings is 2. The van der Waals surface area contributed by atoms with Crippen LogP contribution in [0.15, 0.2) is 48.5 Å². The number of β-amino-alcohol motifs (C(OH)–C–C–N with tert-alkyl or cyclic N) is 1. The van der Waals surface area contributed by atoms with Crippen LogP contribution in [0.2, 0.25) is 0 Å². The Morgan fingerprint density at radius 3 is 2.21 bits per heavy atom. The van der Waals surface area contributed by atoms with Crippen molar-refractivity contribution in [2.75, 3.05) is 18.0 Å². The maximum Gasteiger partial charge on any atom is 0.271 e. The van der Waals surface area contributed by atoms with Crippen LogP contribution in [0.5, 0.6) is 0 Å². The summed E-state index contributed by atoms with van der Waals surface area (Å²) in [6.07, 6.45) is 3.36. The van der Waals surface area contributed by atoms with Gasteiger partial charge in [0.25, 0.3) is 11.6 Å². The zero-order chi connectivity index (χ0) is 16.7. The van der Waals surface area contributed by atoms with Gasteiger partial charge in [0.15, 0.2) is 6.54 Å². The van der Waals surface area contributed by atoms with E-state index < -0.39 is 5.72 Å². The molecule has 0 spiro atoms. The second kappa shape index (κ2) is 5.75. The molecule has 1 atom stereocenters. The molecule has 0 unspecified atom stereocenters. The predicted octanol–water partition coefficient (Wildman–Crippen LogP) is 3.56. The van der Waals surface area contributed by atoms with Gasteiger partial charge in [-0.3, -0.25) is 0 Å². The molecule has 2 aromatic carbocycles. The van der Waals surface area contributed by atoms with Gasteiger partial charge >= 0.3 is 0 Å². The van der Waals surface area contributed by atoms with Crippen LogP contribution >= 0.6 is 0 Å². The van der Waals surface area contributed by atoms with Crippen LogP contribution in [-0.4, -0.2) is 28.6 Å². The first-order chi connectivity index (χ1) is 11.6. The molecule has 3 heteroatoms. The van der Waals surface area contributed by atoms with Crippen LogP contribution < -0.4 is 4.90 Å². The van der Waals surface area contributed by atoms with Gasteiger partial charge in [0, 0.05) is 12.0 Å². The summed E-state index contributed by atoms with van der Waals surface area (Å²) in [5.41, 5.74) is 3.71. The maximum absolute atomic E-state index is 11.6. The molecule has 0 aromatic heterocycles. The third kappa shape index (κ3) is 2.44. The molecule has 0 bridgehead atoms.